The number of hydrogen-bond donors (Lipinski definition) is 1. The number of aryl methyl sites for hydroxylation is 1. The summed E-state index contributed by atoms with van der Waals surface area (Å²) < 4.78 is 5.01. The first-order valence-corrected chi connectivity index (χ1v) is 4.95. The van der Waals surface area contributed by atoms with E-state index in [-0.39, 0.29) is 0 Å². The van der Waals surface area contributed by atoms with Gasteiger partial charge >= 0.3 is 0 Å². The molecule has 1 rings (SSSR count). The van der Waals surface area contributed by atoms with E-state index in [1.165, 1.54) is 0 Å². The monoisotopic (exact) mass is 185 g/mol. The van der Waals surface area contributed by atoms with E-state index in [0.29, 0.717) is 5.92 Å². The third kappa shape index (κ3) is 2.27. The van der Waals surface area contributed by atoms with Gasteiger partial charge in [-0.3, -0.25) is 0 Å². The topological polar surface area (TPSA) is 26.0 Å². The zero-order valence-corrected chi connectivity index (χ0v) is 8.47. The maximum absolute atomic E-state index is 5.01. The first kappa shape index (κ1) is 9.65. The van der Waals surface area contributed by atoms with Gasteiger partial charge in [-0.05, 0) is 19.1 Å². The molecule has 1 unspecified atom stereocenters. The second kappa shape index (κ2) is 4.55. The Morgan fingerprint density at radius 3 is 2.83 bits per heavy atom. The van der Waals surface area contributed by atoms with Crippen LogP contribution in [0.5, 0.6) is 0 Å². The molecule has 0 aliphatic carbocycles. The van der Waals surface area contributed by atoms with Crippen LogP contribution in [0.1, 0.15) is 37.1 Å². The normalized spacial score (nSPS) is 13.2. The Balaban J connectivity index is 2.66. The molecule has 0 radical (unpaired) electrons. The van der Waals surface area contributed by atoms with E-state index in [9.17, 15) is 0 Å². The summed E-state index contributed by atoms with van der Waals surface area (Å²) >= 11 is 4.29. The Bertz CT molecular complexity index is 234. The number of aromatic nitrogens is 1. The molecule has 0 aliphatic rings. The number of rotatable bonds is 4. The molecule has 0 saturated heterocycles. The smallest absolute Gasteiger partial charge is 0.133 e. The fourth-order valence-corrected chi connectivity index (χ4v) is 1.63. The molecule has 0 aromatic carbocycles. The van der Waals surface area contributed by atoms with Crippen molar-refractivity contribution in [1.29, 1.82) is 0 Å². The lowest BCUT2D eigenvalue weighted by atomic mass is 10.0. The summed E-state index contributed by atoms with van der Waals surface area (Å²) in [5, 5.41) is 3.98. The predicted molar refractivity (Wildman–Crippen MR) is 52.7 cm³/mol. The Kier molecular flexibility index (Phi) is 3.66. The second-order valence-corrected chi connectivity index (χ2v) is 3.40. The highest BCUT2D eigenvalue weighted by Gasteiger charge is 2.12. The van der Waals surface area contributed by atoms with Crippen molar-refractivity contribution in [3.8, 4) is 0 Å². The zero-order chi connectivity index (χ0) is 8.97. The molecular formula is C9H15NOS. The summed E-state index contributed by atoms with van der Waals surface area (Å²) in [7, 11) is 0. The average Bonchev–Trinajstić information content (AvgIpc) is 2.47. The molecule has 0 spiro atoms. The minimum Gasteiger partial charge on any atom is -0.361 e. The molecule has 0 bridgehead atoms. The highest BCUT2D eigenvalue weighted by molar-refractivity contribution is 7.80. The summed E-state index contributed by atoms with van der Waals surface area (Å²) in [5.74, 6) is 2.18. The van der Waals surface area contributed by atoms with Crippen LogP contribution in [-0.4, -0.2) is 10.9 Å². The minimum atomic E-state index is 0.454. The first-order valence-electron chi connectivity index (χ1n) is 4.32. The third-order valence-electron chi connectivity index (χ3n) is 1.92. The molecule has 0 amide bonds. The highest BCUT2D eigenvalue weighted by Crippen LogP contribution is 2.21. The number of hydrogen-bond acceptors (Lipinski definition) is 3. The fourth-order valence-electron chi connectivity index (χ4n) is 1.26. The standard InChI is InChI=1S/C9H15NOS/c1-3-4-8(6-12)9-5-7(2)11-10-9/h5,8,12H,3-4,6H2,1-2H3. The van der Waals surface area contributed by atoms with Crippen molar-refractivity contribution in [1.82, 2.24) is 5.16 Å². The van der Waals surface area contributed by atoms with E-state index in [1.54, 1.807) is 0 Å². The van der Waals surface area contributed by atoms with Crippen LogP contribution in [0.3, 0.4) is 0 Å². The molecule has 12 heavy (non-hydrogen) atoms. The number of thiol groups is 1. The Hall–Kier alpha value is -0.440. The Morgan fingerprint density at radius 1 is 1.67 bits per heavy atom. The lowest BCUT2D eigenvalue weighted by Gasteiger charge is -2.07. The van der Waals surface area contributed by atoms with Gasteiger partial charge in [0.15, 0.2) is 0 Å². The van der Waals surface area contributed by atoms with Crippen molar-refractivity contribution >= 4 is 12.6 Å². The molecule has 0 saturated carbocycles. The van der Waals surface area contributed by atoms with Gasteiger partial charge in [0.05, 0.1) is 5.69 Å². The maximum Gasteiger partial charge on any atom is 0.133 e. The van der Waals surface area contributed by atoms with Crippen LogP contribution in [0.15, 0.2) is 10.6 Å². The van der Waals surface area contributed by atoms with E-state index >= 15 is 0 Å². The van der Waals surface area contributed by atoms with Gasteiger partial charge in [-0.25, -0.2) is 0 Å². The van der Waals surface area contributed by atoms with Gasteiger partial charge in [-0.15, -0.1) is 0 Å². The van der Waals surface area contributed by atoms with Gasteiger partial charge in [0, 0.05) is 12.0 Å². The Labute approximate surface area is 78.7 Å². The predicted octanol–water partition coefficient (Wildman–Crippen LogP) is 2.80. The number of nitrogens with zero attached hydrogens (tertiary/aromatic N) is 1. The molecule has 0 aliphatic heterocycles. The van der Waals surface area contributed by atoms with E-state index in [1.807, 2.05) is 13.0 Å². The largest absolute Gasteiger partial charge is 0.361 e. The average molecular weight is 185 g/mol. The second-order valence-electron chi connectivity index (χ2n) is 3.03. The van der Waals surface area contributed by atoms with E-state index in [2.05, 4.69) is 24.7 Å². The molecule has 1 aromatic heterocycles. The van der Waals surface area contributed by atoms with Crippen molar-refractivity contribution in [2.24, 2.45) is 0 Å². The molecule has 3 heteroatoms. The van der Waals surface area contributed by atoms with Gasteiger partial charge in [-0.1, -0.05) is 18.5 Å². The van der Waals surface area contributed by atoms with Crippen LogP contribution >= 0.6 is 12.6 Å². The van der Waals surface area contributed by atoms with Crippen molar-refractivity contribution in [3.05, 3.63) is 17.5 Å². The van der Waals surface area contributed by atoms with E-state index in [0.717, 1.165) is 30.0 Å². The van der Waals surface area contributed by atoms with Crippen molar-refractivity contribution in [2.75, 3.05) is 5.75 Å². The maximum atomic E-state index is 5.01. The van der Waals surface area contributed by atoms with Crippen LogP contribution in [-0.2, 0) is 0 Å². The summed E-state index contributed by atoms with van der Waals surface area (Å²) in [6.45, 7) is 4.08. The van der Waals surface area contributed by atoms with Gasteiger partial charge in [0.25, 0.3) is 0 Å². The highest BCUT2D eigenvalue weighted by atomic mass is 32.1. The lowest BCUT2D eigenvalue weighted by Crippen LogP contribution is -1.99. The summed E-state index contributed by atoms with van der Waals surface area (Å²) in [6.07, 6.45) is 2.30. The third-order valence-corrected chi connectivity index (χ3v) is 2.36. The van der Waals surface area contributed by atoms with Gasteiger partial charge in [0.2, 0.25) is 0 Å². The van der Waals surface area contributed by atoms with Gasteiger partial charge in [0.1, 0.15) is 5.76 Å². The van der Waals surface area contributed by atoms with Crippen molar-refractivity contribution in [2.45, 2.75) is 32.6 Å². The molecule has 1 heterocycles. The first-order chi connectivity index (χ1) is 5.77. The van der Waals surface area contributed by atoms with Crippen LogP contribution in [0.4, 0.5) is 0 Å². The van der Waals surface area contributed by atoms with Crippen LogP contribution < -0.4 is 0 Å². The molecule has 1 aromatic rings. The van der Waals surface area contributed by atoms with Crippen molar-refractivity contribution in [3.63, 3.8) is 0 Å². The van der Waals surface area contributed by atoms with Crippen LogP contribution in [0.25, 0.3) is 0 Å². The molecule has 2 nitrogen and oxygen atoms in total. The minimum absolute atomic E-state index is 0.454. The molecule has 0 N–H and O–H groups in total. The molecule has 0 fully saturated rings. The summed E-state index contributed by atoms with van der Waals surface area (Å²) in [4.78, 5) is 0. The van der Waals surface area contributed by atoms with Gasteiger partial charge in [-0.2, -0.15) is 12.6 Å². The van der Waals surface area contributed by atoms with Crippen molar-refractivity contribution < 1.29 is 4.52 Å². The lowest BCUT2D eigenvalue weighted by molar-refractivity contribution is 0.385. The molecule has 68 valence electrons. The molecular weight excluding hydrogens is 170 g/mol. The van der Waals surface area contributed by atoms with E-state index in [4.69, 9.17) is 4.52 Å². The fraction of sp³-hybridized carbons (Fsp3) is 0.667. The quantitative estimate of drug-likeness (QED) is 0.730. The molecule has 1 atom stereocenters. The SMILES string of the molecule is CCCC(CS)c1cc(C)on1. The van der Waals surface area contributed by atoms with E-state index < -0.39 is 0 Å². The zero-order valence-electron chi connectivity index (χ0n) is 7.58. The van der Waals surface area contributed by atoms with Crippen LogP contribution in [0.2, 0.25) is 0 Å². The summed E-state index contributed by atoms with van der Waals surface area (Å²) in [6, 6.07) is 2.00. The van der Waals surface area contributed by atoms with Gasteiger partial charge < -0.3 is 4.52 Å². The Morgan fingerprint density at radius 2 is 2.42 bits per heavy atom. The summed E-state index contributed by atoms with van der Waals surface area (Å²) in [5.41, 5.74) is 1.05. The van der Waals surface area contributed by atoms with Crippen LogP contribution in [0, 0.1) is 6.92 Å².